The Labute approximate surface area is 147 Å². The van der Waals surface area contributed by atoms with Crippen LogP contribution in [-0.2, 0) is 14.8 Å². The third-order valence-electron chi connectivity index (χ3n) is 3.05. The van der Waals surface area contributed by atoms with Gasteiger partial charge in [-0.2, -0.15) is 0 Å². The summed E-state index contributed by atoms with van der Waals surface area (Å²) in [4.78, 5) is 16.4. The Morgan fingerprint density at radius 3 is 2.75 bits per heavy atom. The van der Waals surface area contributed by atoms with Crippen LogP contribution >= 0.6 is 23.1 Å². The van der Waals surface area contributed by atoms with Crippen molar-refractivity contribution >= 4 is 54.9 Å². The van der Waals surface area contributed by atoms with E-state index in [1.165, 1.54) is 41.3 Å². The van der Waals surface area contributed by atoms with E-state index in [1.807, 2.05) is 24.3 Å². The van der Waals surface area contributed by atoms with Crippen LogP contribution in [0.4, 0.5) is 5.69 Å². The number of nitrogens with two attached hydrogens (primary N) is 1. The molecule has 3 aromatic rings. The van der Waals surface area contributed by atoms with Crippen molar-refractivity contribution in [2.24, 2.45) is 5.14 Å². The molecule has 0 aliphatic heterocycles. The first-order valence-electron chi connectivity index (χ1n) is 6.83. The lowest BCUT2D eigenvalue weighted by atomic mass is 10.3. The first-order valence-corrected chi connectivity index (χ1v) is 10.2. The van der Waals surface area contributed by atoms with Crippen molar-refractivity contribution in [2.45, 2.75) is 9.24 Å². The molecule has 0 fully saturated rings. The Balaban J connectivity index is 1.63. The topological polar surface area (TPSA) is 102 Å². The van der Waals surface area contributed by atoms with E-state index in [9.17, 15) is 13.2 Å². The van der Waals surface area contributed by atoms with E-state index in [1.54, 1.807) is 6.07 Å². The molecule has 0 aliphatic carbocycles. The van der Waals surface area contributed by atoms with Crippen molar-refractivity contribution < 1.29 is 13.2 Å². The van der Waals surface area contributed by atoms with Crippen molar-refractivity contribution in [3.63, 3.8) is 0 Å². The number of nitrogens with one attached hydrogen (secondary N) is 1. The van der Waals surface area contributed by atoms with E-state index in [0.717, 1.165) is 14.6 Å². The Morgan fingerprint density at radius 2 is 2.00 bits per heavy atom. The third kappa shape index (κ3) is 4.12. The van der Waals surface area contributed by atoms with Crippen molar-refractivity contribution in [1.82, 2.24) is 4.98 Å². The molecule has 2 aromatic carbocycles. The second-order valence-electron chi connectivity index (χ2n) is 4.86. The number of benzene rings is 2. The van der Waals surface area contributed by atoms with E-state index in [0.29, 0.717) is 5.69 Å². The number of amides is 1. The van der Waals surface area contributed by atoms with Crippen molar-refractivity contribution in [3.8, 4) is 0 Å². The smallest absolute Gasteiger partial charge is 0.238 e. The van der Waals surface area contributed by atoms with Crippen LogP contribution in [0.5, 0.6) is 0 Å². The van der Waals surface area contributed by atoms with Crippen molar-refractivity contribution in [1.29, 1.82) is 0 Å². The lowest BCUT2D eigenvalue weighted by Crippen LogP contribution is -2.16. The molecule has 9 heteroatoms. The third-order valence-corrected chi connectivity index (χ3v) is 6.14. The molecular weight excluding hydrogens is 366 g/mol. The normalized spacial score (nSPS) is 11.5. The number of rotatable bonds is 5. The quantitative estimate of drug-likeness (QED) is 0.664. The minimum Gasteiger partial charge on any atom is -0.325 e. The van der Waals surface area contributed by atoms with Gasteiger partial charge in [0.2, 0.25) is 15.9 Å². The number of aromatic nitrogens is 1. The molecule has 1 aromatic heterocycles. The molecule has 0 saturated heterocycles. The number of thiazole rings is 1. The van der Waals surface area contributed by atoms with Gasteiger partial charge in [0.05, 0.1) is 20.9 Å². The molecule has 0 saturated carbocycles. The molecule has 1 amide bonds. The summed E-state index contributed by atoms with van der Waals surface area (Å²) in [6, 6.07) is 13.6. The van der Waals surface area contributed by atoms with E-state index in [2.05, 4.69) is 10.3 Å². The molecule has 0 atom stereocenters. The summed E-state index contributed by atoms with van der Waals surface area (Å²) in [5.74, 6) is -0.0646. The molecular formula is C15H13N3O3S3. The van der Waals surface area contributed by atoms with Gasteiger partial charge >= 0.3 is 0 Å². The number of nitrogens with zero attached hydrogens (tertiary/aromatic N) is 1. The molecule has 124 valence electrons. The highest BCUT2D eigenvalue weighted by Crippen LogP contribution is 2.29. The second-order valence-corrected chi connectivity index (χ2v) is 8.67. The predicted molar refractivity (Wildman–Crippen MR) is 96.8 cm³/mol. The fraction of sp³-hybridized carbons (Fsp3) is 0.0667. The first kappa shape index (κ1) is 16.9. The number of carbonyl (C=O) groups excluding carboxylic acids is 1. The fourth-order valence-corrected chi connectivity index (χ4v) is 4.42. The van der Waals surface area contributed by atoms with Gasteiger partial charge in [-0.25, -0.2) is 18.5 Å². The molecule has 1 heterocycles. The molecule has 0 aliphatic rings. The average Bonchev–Trinajstić information content (AvgIpc) is 2.95. The molecule has 6 nitrogen and oxygen atoms in total. The summed E-state index contributed by atoms with van der Waals surface area (Å²) < 4.78 is 24.5. The molecule has 0 spiro atoms. The Morgan fingerprint density at radius 1 is 1.21 bits per heavy atom. The average molecular weight is 379 g/mol. The van der Waals surface area contributed by atoms with Gasteiger partial charge in [0.1, 0.15) is 0 Å². The van der Waals surface area contributed by atoms with Crippen LogP contribution in [0.2, 0.25) is 0 Å². The number of hydrogen-bond acceptors (Lipinski definition) is 6. The van der Waals surface area contributed by atoms with Gasteiger partial charge in [-0.3, -0.25) is 4.79 Å². The van der Waals surface area contributed by atoms with E-state index in [4.69, 9.17) is 5.14 Å². The number of thioether (sulfide) groups is 1. The van der Waals surface area contributed by atoms with E-state index >= 15 is 0 Å². The highest BCUT2D eigenvalue weighted by molar-refractivity contribution is 8.01. The van der Waals surface area contributed by atoms with Crippen LogP contribution in [0, 0.1) is 0 Å². The highest BCUT2D eigenvalue weighted by atomic mass is 32.2. The number of sulfonamides is 1. The first-order chi connectivity index (χ1) is 11.4. The van der Waals surface area contributed by atoms with E-state index < -0.39 is 10.0 Å². The molecule has 3 rings (SSSR count). The number of primary sulfonamides is 1. The predicted octanol–water partition coefficient (Wildman–Crippen LogP) is 2.67. The SMILES string of the molecule is NS(=O)(=O)c1cccc(NC(=O)CSc2nc3ccccc3s2)c1. The fourth-order valence-electron chi connectivity index (χ4n) is 1.99. The van der Waals surface area contributed by atoms with Gasteiger partial charge in [-0.15, -0.1) is 11.3 Å². The van der Waals surface area contributed by atoms with Crippen LogP contribution in [0.1, 0.15) is 0 Å². The molecule has 3 N–H and O–H groups in total. The van der Waals surface area contributed by atoms with Gasteiger partial charge in [0.25, 0.3) is 0 Å². The standard InChI is InChI=1S/C15H13N3O3S3/c16-24(20,21)11-5-3-4-10(8-11)17-14(19)9-22-15-18-12-6-1-2-7-13(12)23-15/h1-8H,9H2,(H,17,19)(H2,16,20,21). The Kier molecular flexibility index (Phi) is 4.86. The maximum Gasteiger partial charge on any atom is 0.238 e. The molecule has 0 unspecified atom stereocenters. The minimum absolute atomic E-state index is 0.0425. The Bertz CT molecular complexity index is 966. The lowest BCUT2D eigenvalue weighted by molar-refractivity contribution is -0.113. The molecule has 0 radical (unpaired) electrons. The number of hydrogen-bond donors (Lipinski definition) is 2. The number of para-hydroxylation sites is 1. The highest BCUT2D eigenvalue weighted by Gasteiger charge is 2.11. The van der Waals surface area contributed by atoms with Crippen molar-refractivity contribution in [2.75, 3.05) is 11.1 Å². The number of anilines is 1. The number of carbonyl (C=O) groups is 1. The van der Waals surface area contributed by atoms with Crippen molar-refractivity contribution in [3.05, 3.63) is 48.5 Å². The summed E-state index contributed by atoms with van der Waals surface area (Å²) in [6.45, 7) is 0. The van der Waals surface area contributed by atoms with Gasteiger partial charge in [-0.05, 0) is 30.3 Å². The van der Waals surface area contributed by atoms with Crippen LogP contribution in [0.3, 0.4) is 0 Å². The lowest BCUT2D eigenvalue weighted by Gasteiger charge is -2.05. The van der Waals surface area contributed by atoms with Gasteiger partial charge < -0.3 is 5.32 Å². The Hall–Kier alpha value is -1.94. The maximum atomic E-state index is 12.0. The molecule has 24 heavy (non-hydrogen) atoms. The largest absolute Gasteiger partial charge is 0.325 e. The summed E-state index contributed by atoms with van der Waals surface area (Å²) in [5, 5.41) is 7.73. The zero-order valence-electron chi connectivity index (χ0n) is 12.3. The summed E-state index contributed by atoms with van der Waals surface area (Å²) in [5.41, 5.74) is 1.29. The van der Waals surface area contributed by atoms with Crippen LogP contribution < -0.4 is 10.5 Å². The second kappa shape index (κ2) is 6.89. The van der Waals surface area contributed by atoms with Crippen LogP contribution in [0.15, 0.2) is 57.8 Å². The van der Waals surface area contributed by atoms with Gasteiger partial charge in [0.15, 0.2) is 4.34 Å². The minimum atomic E-state index is -3.80. The summed E-state index contributed by atoms with van der Waals surface area (Å²) in [7, 11) is -3.80. The zero-order valence-corrected chi connectivity index (χ0v) is 14.7. The maximum absolute atomic E-state index is 12.0. The van der Waals surface area contributed by atoms with Crippen LogP contribution in [0.25, 0.3) is 10.2 Å². The zero-order chi connectivity index (χ0) is 17.2. The number of fused-ring (bicyclic) bond motifs is 1. The van der Waals surface area contributed by atoms with Gasteiger partial charge in [0, 0.05) is 5.69 Å². The molecule has 0 bridgehead atoms. The monoisotopic (exact) mass is 379 g/mol. The van der Waals surface area contributed by atoms with E-state index in [-0.39, 0.29) is 16.6 Å². The summed E-state index contributed by atoms with van der Waals surface area (Å²) in [6.07, 6.45) is 0. The summed E-state index contributed by atoms with van der Waals surface area (Å²) >= 11 is 2.86. The van der Waals surface area contributed by atoms with Gasteiger partial charge in [-0.1, -0.05) is 30.0 Å². The van der Waals surface area contributed by atoms with Crippen LogP contribution in [-0.4, -0.2) is 25.1 Å².